The fraction of sp³-hybridized carbons (Fsp3) is 0.143. The molecule has 0 aliphatic rings. The van der Waals surface area contributed by atoms with Crippen LogP contribution in [0.5, 0.6) is 5.75 Å². The Labute approximate surface area is 164 Å². The number of benzene rings is 1. The summed E-state index contributed by atoms with van der Waals surface area (Å²) in [6, 6.07) is 9.23. The van der Waals surface area contributed by atoms with Gasteiger partial charge in [-0.1, -0.05) is 30.9 Å². The number of hydrogen-bond donors (Lipinski definition) is 4. The minimum atomic E-state index is -0.286. The second kappa shape index (κ2) is 9.82. The second-order valence-corrected chi connectivity index (χ2v) is 6.01. The Morgan fingerprint density at radius 1 is 1.32 bits per heavy atom. The monoisotopic (exact) mass is 379 g/mol. The molecule has 1 aromatic heterocycles. The van der Waals surface area contributed by atoms with E-state index >= 15 is 0 Å². The molecular formula is C21H25N5O2. The van der Waals surface area contributed by atoms with E-state index in [0.717, 1.165) is 11.1 Å². The summed E-state index contributed by atoms with van der Waals surface area (Å²) in [6.45, 7) is 5.92. The summed E-state index contributed by atoms with van der Waals surface area (Å²) in [7, 11) is 1.56. The molecule has 7 nitrogen and oxygen atoms in total. The smallest absolute Gasteiger partial charge is 0.274 e. The molecule has 1 amide bonds. The molecule has 0 saturated carbocycles. The number of hydrogen-bond acceptors (Lipinski definition) is 6. The van der Waals surface area contributed by atoms with Crippen molar-refractivity contribution in [1.29, 1.82) is 0 Å². The van der Waals surface area contributed by atoms with Crippen LogP contribution in [0, 0.1) is 6.92 Å². The van der Waals surface area contributed by atoms with Crippen molar-refractivity contribution in [3.8, 4) is 5.75 Å². The Kier molecular flexibility index (Phi) is 7.21. The van der Waals surface area contributed by atoms with Crippen molar-refractivity contribution in [2.45, 2.75) is 13.5 Å². The standard InChI is InChI=1S/C21H25N5O2/c1-4-5-9-18(20(22)23)24-12-15-7-6-8-16(11-15)26-21(27)19-14(2)10-17(28-3)13-25-19/h4-11,13,24H,1,12,22-23H2,2-3H3,(H,26,27)/b9-5-. The van der Waals surface area contributed by atoms with Crippen LogP contribution < -0.4 is 26.8 Å². The summed E-state index contributed by atoms with van der Waals surface area (Å²) in [5, 5.41) is 6.02. The lowest BCUT2D eigenvalue weighted by Crippen LogP contribution is -2.21. The molecule has 2 aromatic rings. The Hall–Kier alpha value is -3.74. The molecule has 1 aromatic carbocycles. The van der Waals surface area contributed by atoms with Gasteiger partial charge in [-0.25, -0.2) is 4.98 Å². The second-order valence-electron chi connectivity index (χ2n) is 6.01. The van der Waals surface area contributed by atoms with Gasteiger partial charge in [0.1, 0.15) is 17.3 Å². The Morgan fingerprint density at radius 2 is 2.11 bits per heavy atom. The normalized spacial score (nSPS) is 10.4. The van der Waals surface area contributed by atoms with Gasteiger partial charge in [0.25, 0.3) is 5.91 Å². The van der Waals surface area contributed by atoms with Gasteiger partial charge in [-0.3, -0.25) is 4.79 Å². The number of pyridine rings is 1. The summed E-state index contributed by atoms with van der Waals surface area (Å²) < 4.78 is 5.12. The molecule has 0 spiro atoms. The number of aromatic nitrogens is 1. The summed E-state index contributed by atoms with van der Waals surface area (Å²) in [4.78, 5) is 16.7. The molecule has 28 heavy (non-hydrogen) atoms. The van der Waals surface area contributed by atoms with Crippen LogP contribution in [0.3, 0.4) is 0 Å². The molecule has 0 fully saturated rings. The summed E-state index contributed by atoms with van der Waals surface area (Å²) in [6.07, 6.45) is 6.63. The molecule has 7 heteroatoms. The van der Waals surface area contributed by atoms with E-state index in [-0.39, 0.29) is 11.7 Å². The van der Waals surface area contributed by atoms with Crippen LogP contribution >= 0.6 is 0 Å². The van der Waals surface area contributed by atoms with Gasteiger partial charge in [-0.05, 0) is 42.3 Å². The molecule has 0 aliphatic carbocycles. The third kappa shape index (κ3) is 5.63. The average Bonchev–Trinajstić information content (AvgIpc) is 2.67. The van der Waals surface area contributed by atoms with Crippen LogP contribution in [-0.2, 0) is 6.54 Å². The highest BCUT2D eigenvalue weighted by molar-refractivity contribution is 6.03. The van der Waals surface area contributed by atoms with Gasteiger partial charge in [0.15, 0.2) is 0 Å². The van der Waals surface area contributed by atoms with Crippen LogP contribution in [0.15, 0.2) is 72.9 Å². The molecule has 0 bridgehead atoms. The molecule has 6 N–H and O–H groups in total. The minimum absolute atomic E-state index is 0.184. The van der Waals surface area contributed by atoms with Crippen LogP contribution in [-0.4, -0.2) is 18.0 Å². The first-order valence-corrected chi connectivity index (χ1v) is 8.63. The molecule has 0 radical (unpaired) electrons. The van der Waals surface area contributed by atoms with Gasteiger partial charge in [0.05, 0.1) is 19.0 Å². The van der Waals surface area contributed by atoms with Crippen molar-refractivity contribution in [3.05, 3.63) is 89.7 Å². The zero-order chi connectivity index (χ0) is 20.5. The fourth-order valence-corrected chi connectivity index (χ4v) is 2.47. The molecule has 1 heterocycles. The first kappa shape index (κ1) is 20.6. The molecule has 0 atom stereocenters. The maximum absolute atomic E-state index is 12.5. The number of carbonyl (C=O) groups is 1. The first-order chi connectivity index (χ1) is 13.4. The maximum Gasteiger partial charge on any atom is 0.274 e. The van der Waals surface area contributed by atoms with Gasteiger partial charge in [-0.15, -0.1) is 0 Å². The van der Waals surface area contributed by atoms with Crippen LogP contribution in [0.2, 0.25) is 0 Å². The van der Waals surface area contributed by atoms with E-state index in [4.69, 9.17) is 16.2 Å². The van der Waals surface area contributed by atoms with Crippen LogP contribution in [0.1, 0.15) is 21.6 Å². The van der Waals surface area contributed by atoms with Gasteiger partial charge < -0.3 is 26.8 Å². The lowest BCUT2D eigenvalue weighted by molar-refractivity contribution is 0.102. The van der Waals surface area contributed by atoms with Crippen molar-refractivity contribution < 1.29 is 9.53 Å². The lowest BCUT2D eigenvalue weighted by Gasteiger charge is -2.11. The van der Waals surface area contributed by atoms with E-state index in [0.29, 0.717) is 29.4 Å². The molecule has 0 aliphatic heterocycles. The highest BCUT2D eigenvalue weighted by Gasteiger charge is 2.12. The quantitative estimate of drug-likeness (QED) is 0.524. The summed E-state index contributed by atoms with van der Waals surface area (Å²) >= 11 is 0. The van der Waals surface area contributed by atoms with Crippen molar-refractivity contribution in [1.82, 2.24) is 10.3 Å². The van der Waals surface area contributed by atoms with Crippen LogP contribution in [0.4, 0.5) is 5.69 Å². The Balaban J connectivity index is 2.08. The largest absolute Gasteiger partial charge is 0.495 e. The average molecular weight is 379 g/mol. The van der Waals surface area contributed by atoms with E-state index in [1.807, 2.05) is 31.2 Å². The van der Waals surface area contributed by atoms with Crippen LogP contribution in [0.25, 0.3) is 0 Å². The molecule has 0 saturated heterocycles. The number of carbonyl (C=O) groups excluding carboxylic acids is 1. The number of methoxy groups -OCH3 is 1. The maximum atomic E-state index is 12.5. The Bertz CT molecular complexity index is 915. The van der Waals surface area contributed by atoms with Crippen molar-refractivity contribution in [3.63, 3.8) is 0 Å². The lowest BCUT2D eigenvalue weighted by atomic mass is 10.1. The number of amides is 1. The van der Waals surface area contributed by atoms with E-state index in [2.05, 4.69) is 22.2 Å². The fourth-order valence-electron chi connectivity index (χ4n) is 2.47. The zero-order valence-electron chi connectivity index (χ0n) is 16.0. The molecule has 2 rings (SSSR count). The van der Waals surface area contributed by atoms with E-state index in [9.17, 15) is 4.79 Å². The highest BCUT2D eigenvalue weighted by Crippen LogP contribution is 2.17. The van der Waals surface area contributed by atoms with E-state index < -0.39 is 0 Å². The molecular weight excluding hydrogens is 354 g/mol. The number of nitrogens with one attached hydrogen (secondary N) is 2. The van der Waals surface area contributed by atoms with E-state index in [1.165, 1.54) is 6.20 Å². The predicted molar refractivity (Wildman–Crippen MR) is 111 cm³/mol. The molecule has 0 unspecified atom stereocenters. The topological polar surface area (TPSA) is 115 Å². The van der Waals surface area contributed by atoms with Crippen molar-refractivity contribution >= 4 is 11.6 Å². The SMILES string of the molecule is C=C/C=C\C(NCc1cccc(NC(=O)c2ncc(OC)cc2C)c1)=C(N)N. The number of nitrogens with two attached hydrogens (primary N) is 2. The van der Waals surface area contributed by atoms with Gasteiger partial charge in [-0.2, -0.15) is 0 Å². The highest BCUT2D eigenvalue weighted by atomic mass is 16.5. The molecule has 146 valence electrons. The third-order valence-electron chi connectivity index (χ3n) is 3.88. The number of anilines is 1. The summed E-state index contributed by atoms with van der Waals surface area (Å²) in [5.74, 6) is 0.505. The van der Waals surface area contributed by atoms with Gasteiger partial charge in [0, 0.05) is 12.2 Å². The number of ether oxygens (including phenoxy) is 1. The number of nitrogens with zero attached hydrogens (tertiary/aromatic N) is 1. The minimum Gasteiger partial charge on any atom is -0.495 e. The number of aryl methyl sites for hydroxylation is 1. The number of allylic oxidation sites excluding steroid dienone is 3. The van der Waals surface area contributed by atoms with Gasteiger partial charge >= 0.3 is 0 Å². The summed E-state index contributed by atoms with van der Waals surface area (Å²) in [5.41, 5.74) is 14.6. The van der Waals surface area contributed by atoms with Crippen molar-refractivity contribution in [2.24, 2.45) is 11.5 Å². The third-order valence-corrected chi connectivity index (χ3v) is 3.88. The zero-order valence-corrected chi connectivity index (χ0v) is 16.0. The first-order valence-electron chi connectivity index (χ1n) is 8.63. The van der Waals surface area contributed by atoms with Crippen molar-refractivity contribution in [2.75, 3.05) is 12.4 Å². The Morgan fingerprint density at radius 3 is 2.75 bits per heavy atom. The predicted octanol–water partition coefficient (Wildman–Crippen LogP) is 2.57. The van der Waals surface area contributed by atoms with E-state index in [1.54, 1.807) is 31.4 Å². The van der Waals surface area contributed by atoms with Gasteiger partial charge in [0.2, 0.25) is 0 Å². The number of rotatable bonds is 8.